The van der Waals surface area contributed by atoms with Gasteiger partial charge in [-0.05, 0) is 47.5 Å². The molecule has 2 aromatic carbocycles. The number of aromatic amines is 1. The lowest BCUT2D eigenvalue weighted by molar-refractivity contribution is 0.104. The van der Waals surface area contributed by atoms with E-state index in [2.05, 4.69) is 9.97 Å². The van der Waals surface area contributed by atoms with Crippen molar-refractivity contribution in [3.63, 3.8) is 0 Å². The second kappa shape index (κ2) is 8.03. The van der Waals surface area contributed by atoms with Gasteiger partial charge in [0.25, 0.3) is 5.56 Å². The minimum absolute atomic E-state index is 0.0530. The van der Waals surface area contributed by atoms with E-state index >= 15 is 0 Å². The van der Waals surface area contributed by atoms with Gasteiger partial charge in [0.2, 0.25) is 0 Å². The number of halogens is 2. The maximum absolute atomic E-state index is 13.1. The highest BCUT2D eigenvalue weighted by Gasteiger charge is 2.19. The summed E-state index contributed by atoms with van der Waals surface area (Å²) in [5, 5.41) is 1.67. The van der Waals surface area contributed by atoms with Crippen LogP contribution in [0.15, 0.2) is 77.9 Å². The normalized spacial score (nSPS) is 11.2. The van der Waals surface area contributed by atoms with Crippen LogP contribution in [0, 0.1) is 0 Å². The molecule has 0 aliphatic heterocycles. The molecule has 2 heterocycles. The molecule has 2 aromatic heterocycles. The lowest BCUT2D eigenvalue weighted by atomic mass is 9.94. The van der Waals surface area contributed by atoms with E-state index in [1.165, 1.54) is 12.3 Å². The zero-order valence-corrected chi connectivity index (χ0v) is 16.5. The number of nitrogens with zero attached hydrogens (tertiary/aromatic N) is 1. The van der Waals surface area contributed by atoms with Crippen molar-refractivity contribution in [2.45, 2.75) is 0 Å². The number of allylic oxidation sites excluding steroid dienone is 1. The van der Waals surface area contributed by atoms with Crippen molar-refractivity contribution in [2.24, 2.45) is 0 Å². The summed E-state index contributed by atoms with van der Waals surface area (Å²) in [5.74, 6) is -0.424. The number of hydrogen-bond acceptors (Lipinski definition) is 3. The first-order valence-corrected chi connectivity index (χ1v) is 9.52. The van der Waals surface area contributed by atoms with Gasteiger partial charge in [-0.3, -0.25) is 14.6 Å². The van der Waals surface area contributed by atoms with Crippen LogP contribution >= 0.6 is 23.2 Å². The first-order chi connectivity index (χ1) is 14.0. The highest BCUT2D eigenvalue weighted by atomic mass is 35.5. The van der Waals surface area contributed by atoms with Gasteiger partial charge in [0.15, 0.2) is 5.78 Å². The summed E-state index contributed by atoms with van der Waals surface area (Å²) in [6.45, 7) is 0. The van der Waals surface area contributed by atoms with E-state index < -0.39 is 11.3 Å². The van der Waals surface area contributed by atoms with Gasteiger partial charge in [0.1, 0.15) is 0 Å². The van der Waals surface area contributed by atoms with Gasteiger partial charge in [0, 0.05) is 33.9 Å². The fourth-order valence-electron chi connectivity index (χ4n) is 3.18. The van der Waals surface area contributed by atoms with Gasteiger partial charge in [-0.15, -0.1) is 0 Å². The molecule has 0 saturated heterocycles. The van der Waals surface area contributed by atoms with E-state index in [0.717, 1.165) is 5.56 Å². The van der Waals surface area contributed by atoms with Crippen LogP contribution in [0.5, 0.6) is 0 Å². The van der Waals surface area contributed by atoms with Crippen LogP contribution in [-0.4, -0.2) is 15.8 Å². The number of carbonyl (C=O) groups excluding carboxylic acids is 1. The third kappa shape index (κ3) is 3.99. The number of ketones is 1. The van der Waals surface area contributed by atoms with Gasteiger partial charge in [0.05, 0.1) is 10.6 Å². The van der Waals surface area contributed by atoms with Crippen molar-refractivity contribution in [2.75, 3.05) is 0 Å². The van der Waals surface area contributed by atoms with E-state index in [9.17, 15) is 9.59 Å². The van der Waals surface area contributed by atoms with Crippen LogP contribution in [-0.2, 0) is 0 Å². The quantitative estimate of drug-likeness (QED) is 0.335. The summed E-state index contributed by atoms with van der Waals surface area (Å²) >= 11 is 12.1. The Balaban J connectivity index is 1.92. The standard InChI is InChI=1S/C23H14Cl2N2O2/c24-16-7-8-19-18(11-16)21(15-4-2-1-3-5-15)22(23(29)27-19)20(28)9-6-14-10-17(25)13-26-12-14/h1-13H,(H,27,29). The zero-order valence-electron chi connectivity index (χ0n) is 15.0. The van der Waals surface area contributed by atoms with E-state index in [1.807, 2.05) is 30.3 Å². The Bertz CT molecular complexity index is 1310. The van der Waals surface area contributed by atoms with Crippen molar-refractivity contribution < 1.29 is 4.79 Å². The van der Waals surface area contributed by atoms with Crippen LogP contribution in [0.4, 0.5) is 0 Å². The number of benzene rings is 2. The second-order valence-electron chi connectivity index (χ2n) is 6.39. The van der Waals surface area contributed by atoms with Gasteiger partial charge < -0.3 is 4.98 Å². The first-order valence-electron chi connectivity index (χ1n) is 8.77. The van der Waals surface area contributed by atoms with Crippen LogP contribution in [0.3, 0.4) is 0 Å². The van der Waals surface area contributed by atoms with Crippen LogP contribution in [0.25, 0.3) is 28.1 Å². The molecule has 0 unspecified atom stereocenters. The lowest BCUT2D eigenvalue weighted by Crippen LogP contribution is -2.18. The summed E-state index contributed by atoms with van der Waals surface area (Å²) in [7, 11) is 0. The Hall–Kier alpha value is -3.21. The molecular formula is C23H14Cl2N2O2. The monoisotopic (exact) mass is 420 g/mol. The Kier molecular flexibility index (Phi) is 5.30. The van der Waals surface area contributed by atoms with Gasteiger partial charge in [-0.25, -0.2) is 0 Å². The number of aromatic nitrogens is 2. The van der Waals surface area contributed by atoms with Crippen molar-refractivity contribution in [1.29, 1.82) is 0 Å². The number of hydrogen-bond donors (Lipinski definition) is 1. The molecular weight excluding hydrogens is 407 g/mol. The molecule has 0 spiro atoms. The zero-order chi connectivity index (χ0) is 20.4. The van der Waals surface area contributed by atoms with Crippen LogP contribution < -0.4 is 5.56 Å². The summed E-state index contributed by atoms with van der Waals surface area (Å²) < 4.78 is 0. The largest absolute Gasteiger partial charge is 0.321 e. The molecule has 0 amide bonds. The summed E-state index contributed by atoms with van der Waals surface area (Å²) in [6.07, 6.45) is 6.02. The van der Waals surface area contributed by atoms with Crippen molar-refractivity contribution in [3.05, 3.63) is 105 Å². The Labute approximate surface area is 176 Å². The third-order valence-corrected chi connectivity index (χ3v) is 4.88. The van der Waals surface area contributed by atoms with E-state index in [4.69, 9.17) is 23.2 Å². The molecule has 4 aromatic rings. The average molecular weight is 421 g/mol. The molecule has 1 N–H and O–H groups in total. The highest BCUT2D eigenvalue weighted by Crippen LogP contribution is 2.31. The van der Waals surface area contributed by atoms with Gasteiger partial charge >= 0.3 is 0 Å². The fraction of sp³-hybridized carbons (Fsp3) is 0. The second-order valence-corrected chi connectivity index (χ2v) is 7.27. The fourth-order valence-corrected chi connectivity index (χ4v) is 3.53. The maximum atomic E-state index is 13.1. The molecule has 0 fully saturated rings. The molecule has 6 heteroatoms. The summed E-state index contributed by atoms with van der Waals surface area (Å²) in [4.78, 5) is 32.7. The predicted molar refractivity (Wildman–Crippen MR) is 118 cm³/mol. The molecule has 0 radical (unpaired) electrons. The Morgan fingerprint density at radius 3 is 2.52 bits per heavy atom. The molecule has 0 bridgehead atoms. The minimum atomic E-state index is -0.461. The number of carbonyl (C=O) groups is 1. The molecule has 4 rings (SSSR count). The summed E-state index contributed by atoms with van der Waals surface area (Å²) in [5.41, 5.74) is 2.16. The average Bonchev–Trinajstić information content (AvgIpc) is 2.72. The maximum Gasteiger partial charge on any atom is 0.260 e. The number of rotatable bonds is 4. The molecule has 0 aliphatic rings. The van der Waals surface area contributed by atoms with Gasteiger partial charge in [-0.1, -0.05) is 53.5 Å². The molecule has 29 heavy (non-hydrogen) atoms. The molecule has 0 saturated carbocycles. The molecule has 0 atom stereocenters. The number of pyridine rings is 2. The van der Waals surface area contributed by atoms with Crippen molar-refractivity contribution >= 4 is 46.0 Å². The Morgan fingerprint density at radius 1 is 0.966 bits per heavy atom. The number of nitrogens with one attached hydrogen (secondary N) is 1. The lowest BCUT2D eigenvalue weighted by Gasteiger charge is -2.11. The molecule has 142 valence electrons. The van der Waals surface area contributed by atoms with E-state index in [-0.39, 0.29) is 5.56 Å². The van der Waals surface area contributed by atoms with E-state index in [0.29, 0.717) is 32.1 Å². The van der Waals surface area contributed by atoms with Crippen LogP contribution in [0.1, 0.15) is 15.9 Å². The number of fused-ring (bicyclic) bond motifs is 1. The highest BCUT2D eigenvalue weighted by molar-refractivity contribution is 6.31. The minimum Gasteiger partial charge on any atom is -0.321 e. The van der Waals surface area contributed by atoms with Crippen molar-refractivity contribution in [1.82, 2.24) is 9.97 Å². The SMILES string of the molecule is O=C(C=Cc1cncc(Cl)c1)c1c(-c2ccccc2)c2cc(Cl)ccc2[nH]c1=O. The number of H-pyrrole nitrogens is 1. The topological polar surface area (TPSA) is 62.8 Å². The summed E-state index contributed by atoms with van der Waals surface area (Å²) in [6, 6.07) is 16.2. The third-order valence-electron chi connectivity index (χ3n) is 4.44. The molecule has 4 nitrogen and oxygen atoms in total. The van der Waals surface area contributed by atoms with E-state index in [1.54, 1.807) is 36.5 Å². The van der Waals surface area contributed by atoms with Crippen molar-refractivity contribution in [3.8, 4) is 11.1 Å². The first kappa shape index (κ1) is 19.1. The van der Waals surface area contributed by atoms with Crippen LogP contribution in [0.2, 0.25) is 10.0 Å². The molecule has 0 aliphatic carbocycles. The smallest absolute Gasteiger partial charge is 0.260 e. The Morgan fingerprint density at radius 2 is 1.76 bits per heavy atom. The van der Waals surface area contributed by atoms with Gasteiger partial charge in [-0.2, -0.15) is 0 Å². The predicted octanol–water partition coefficient (Wildman–Crippen LogP) is 5.79.